The molecule has 26 heavy (non-hydrogen) atoms. The normalized spacial score (nSPS) is 10.4. The average molecular weight is 385 g/mol. The monoisotopic (exact) mass is 385 g/mol. The zero-order valence-corrected chi connectivity index (χ0v) is 15.4. The van der Waals surface area contributed by atoms with E-state index < -0.39 is 11.9 Å². The van der Waals surface area contributed by atoms with Gasteiger partial charge in [0, 0.05) is 6.42 Å². The molecule has 0 aliphatic carbocycles. The molecule has 2 aromatic heterocycles. The van der Waals surface area contributed by atoms with Crippen LogP contribution in [0.1, 0.15) is 23.4 Å². The third-order valence-electron chi connectivity index (χ3n) is 3.51. The second kappa shape index (κ2) is 8.56. The van der Waals surface area contributed by atoms with E-state index in [1.807, 2.05) is 30.3 Å². The van der Waals surface area contributed by atoms with Crippen molar-refractivity contribution in [3.63, 3.8) is 0 Å². The molecule has 8 heteroatoms. The van der Waals surface area contributed by atoms with Crippen LogP contribution in [0.5, 0.6) is 0 Å². The van der Waals surface area contributed by atoms with Crippen molar-refractivity contribution in [1.82, 2.24) is 4.98 Å². The summed E-state index contributed by atoms with van der Waals surface area (Å²) in [5, 5.41) is 14.6. The number of rotatable bonds is 7. The molecule has 6 nitrogen and oxygen atoms in total. The summed E-state index contributed by atoms with van der Waals surface area (Å²) in [7, 11) is 0. The first-order valence-electron chi connectivity index (χ1n) is 7.93. The Morgan fingerprint density at radius 3 is 2.92 bits per heavy atom. The van der Waals surface area contributed by atoms with Gasteiger partial charge in [0.15, 0.2) is 6.61 Å². The van der Waals surface area contributed by atoms with Gasteiger partial charge in [0.05, 0.1) is 20.8 Å². The number of carbonyl (C=O) groups excluding carboxylic acids is 2. The highest BCUT2D eigenvalue weighted by atomic mass is 32.1. The summed E-state index contributed by atoms with van der Waals surface area (Å²) in [5.74, 6) is -0.878. The molecular formula is C18H15N3O3S2. The van der Waals surface area contributed by atoms with Crippen LogP contribution in [0.3, 0.4) is 0 Å². The zero-order valence-electron chi connectivity index (χ0n) is 13.7. The SMILES string of the molecule is N#Cc1ccsc1NC(=O)COC(=O)CCCc1nc2ccccc2s1. The number of ether oxygens (including phenoxy) is 1. The maximum Gasteiger partial charge on any atom is 0.306 e. The summed E-state index contributed by atoms with van der Waals surface area (Å²) in [6.07, 6.45) is 1.54. The van der Waals surface area contributed by atoms with Crippen LogP contribution < -0.4 is 5.32 Å². The summed E-state index contributed by atoms with van der Waals surface area (Å²) < 4.78 is 6.11. The molecule has 0 unspecified atom stereocenters. The number of carbonyl (C=O) groups is 2. The Balaban J connectivity index is 1.39. The lowest BCUT2D eigenvalue weighted by molar-refractivity contribution is -0.147. The fourth-order valence-electron chi connectivity index (χ4n) is 2.29. The lowest BCUT2D eigenvalue weighted by Gasteiger charge is -2.05. The minimum absolute atomic E-state index is 0.228. The Bertz CT molecular complexity index is 938. The van der Waals surface area contributed by atoms with Gasteiger partial charge in [-0.2, -0.15) is 5.26 Å². The number of nitriles is 1. The number of thiazole rings is 1. The number of amides is 1. The Kier molecular flexibility index (Phi) is 5.94. The van der Waals surface area contributed by atoms with Crippen molar-refractivity contribution in [2.75, 3.05) is 11.9 Å². The number of hydrogen-bond donors (Lipinski definition) is 1. The number of esters is 1. The van der Waals surface area contributed by atoms with Crippen molar-refractivity contribution >= 4 is 49.8 Å². The van der Waals surface area contributed by atoms with Gasteiger partial charge in [0.25, 0.3) is 5.91 Å². The van der Waals surface area contributed by atoms with E-state index in [1.165, 1.54) is 11.3 Å². The molecule has 3 aromatic rings. The first kappa shape index (κ1) is 18.0. The van der Waals surface area contributed by atoms with Crippen molar-refractivity contribution < 1.29 is 14.3 Å². The Labute approximate surface area is 158 Å². The Morgan fingerprint density at radius 1 is 1.27 bits per heavy atom. The average Bonchev–Trinajstić information content (AvgIpc) is 3.25. The quantitative estimate of drug-likeness (QED) is 0.626. The molecule has 0 saturated carbocycles. The number of benzene rings is 1. The highest BCUT2D eigenvalue weighted by Crippen LogP contribution is 2.23. The lowest BCUT2D eigenvalue weighted by atomic mass is 10.2. The molecule has 1 aromatic carbocycles. The van der Waals surface area contributed by atoms with Crippen LogP contribution in [-0.2, 0) is 20.7 Å². The van der Waals surface area contributed by atoms with Gasteiger partial charge >= 0.3 is 5.97 Å². The topological polar surface area (TPSA) is 92.1 Å². The number of aromatic nitrogens is 1. The molecule has 0 aliphatic heterocycles. The maximum atomic E-state index is 11.8. The molecule has 0 aliphatic rings. The second-order valence-electron chi connectivity index (χ2n) is 5.41. The number of hydrogen-bond acceptors (Lipinski definition) is 7. The molecule has 1 amide bonds. The molecule has 0 radical (unpaired) electrons. The number of para-hydroxylation sites is 1. The van der Waals surface area contributed by atoms with Gasteiger partial charge in [-0.15, -0.1) is 22.7 Å². The fourth-order valence-corrected chi connectivity index (χ4v) is 4.05. The van der Waals surface area contributed by atoms with Gasteiger partial charge < -0.3 is 10.1 Å². The van der Waals surface area contributed by atoms with Crippen LogP contribution in [0.25, 0.3) is 10.2 Å². The van der Waals surface area contributed by atoms with Crippen LogP contribution in [-0.4, -0.2) is 23.5 Å². The van der Waals surface area contributed by atoms with Gasteiger partial charge in [-0.1, -0.05) is 12.1 Å². The molecule has 0 bridgehead atoms. The fraction of sp³-hybridized carbons (Fsp3) is 0.222. The number of thiophene rings is 1. The first-order chi connectivity index (χ1) is 12.7. The predicted octanol–water partition coefficient (Wildman–Crippen LogP) is 3.73. The van der Waals surface area contributed by atoms with E-state index in [2.05, 4.69) is 10.3 Å². The molecule has 0 spiro atoms. The van der Waals surface area contributed by atoms with Gasteiger partial charge in [-0.25, -0.2) is 4.98 Å². The number of nitrogens with one attached hydrogen (secondary N) is 1. The second-order valence-corrected chi connectivity index (χ2v) is 7.44. The maximum absolute atomic E-state index is 11.8. The molecule has 1 N–H and O–H groups in total. The van der Waals surface area contributed by atoms with E-state index in [-0.39, 0.29) is 13.0 Å². The molecular weight excluding hydrogens is 370 g/mol. The van der Waals surface area contributed by atoms with Gasteiger partial charge in [0.2, 0.25) is 0 Å². The van der Waals surface area contributed by atoms with Crippen molar-refractivity contribution in [3.05, 3.63) is 46.3 Å². The minimum Gasteiger partial charge on any atom is -0.456 e. The van der Waals surface area contributed by atoms with E-state index in [0.717, 1.165) is 15.2 Å². The summed E-state index contributed by atoms with van der Waals surface area (Å²) in [6.45, 7) is -0.358. The number of aryl methyl sites for hydroxylation is 1. The van der Waals surface area contributed by atoms with Crippen molar-refractivity contribution in [2.45, 2.75) is 19.3 Å². The minimum atomic E-state index is -0.455. The standard InChI is InChI=1S/C18H15N3O3S2/c19-10-12-8-9-25-18(12)21-15(22)11-24-17(23)7-3-6-16-20-13-4-1-2-5-14(13)26-16/h1-2,4-5,8-9H,3,6-7,11H2,(H,21,22). The van der Waals surface area contributed by atoms with E-state index in [0.29, 0.717) is 23.4 Å². The van der Waals surface area contributed by atoms with E-state index in [1.54, 1.807) is 22.8 Å². The van der Waals surface area contributed by atoms with Gasteiger partial charge in [0.1, 0.15) is 11.1 Å². The summed E-state index contributed by atoms with van der Waals surface area (Å²) in [6, 6.07) is 11.5. The molecule has 0 saturated heterocycles. The Hall–Kier alpha value is -2.76. The van der Waals surface area contributed by atoms with Crippen molar-refractivity contribution in [2.24, 2.45) is 0 Å². The van der Waals surface area contributed by atoms with Crippen LogP contribution >= 0.6 is 22.7 Å². The van der Waals surface area contributed by atoms with Gasteiger partial charge in [-0.3, -0.25) is 9.59 Å². The molecule has 0 atom stereocenters. The van der Waals surface area contributed by atoms with Crippen molar-refractivity contribution in [1.29, 1.82) is 5.26 Å². The van der Waals surface area contributed by atoms with Crippen LogP contribution in [0.2, 0.25) is 0 Å². The third-order valence-corrected chi connectivity index (χ3v) is 5.44. The Morgan fingerprint density at radius 2 is 2.12 bits per heavy atom. The molecule has 3 rings (SSSR count). The summed E-state index contributed by atoms with van der Waals surface area (Å²) >= 11 is 2.87. The van der Waals surface area contributed by atoms with Crippen molar-refractivity contribution in [3.8, 4) is 6.07 Å². The number of fused-ring (bicyclic) bond motifs is 1. The van der Waals surface area contributed by atoms with Crippen LogP contribution in [0, 0.1) is 11.3 Å². The highest BCUT2D eigenvalue weighted by molar-refractivity contribution is 7.18. The first-order valence-corrected chi connectivity index (χ1v) is 9.63. The highest BCUT2D eigenvalue weighted by Gasteiger charge is 2.11. The summed E-state index contributed by atoms with van der Waals surface area (Å²) in [4.78, 5) is 28.1. The number of nitrogens with zero attached hydrogens (tertiary/aromatic N) is 2. The van der Waals surface area contributed by atoms with Crippen LogP contribution in [0.15, 0.2) is 35.7 Å². The third kappa shape index (κ3) is 4.65. The lowest BCUT2D eigenvalue weighted by Crippen LogP contribution is -2.20. The predicted molar refractivity (Wildman–Crippen MR) is 101 cm³/mol. The van der Waals surface area contributed by atoms with E-state index in [9.17, 15) is 9.59 Å². The zero-order chi connectivity index (χ0) is 18.4. The largest absolute Gasteiger partial charge is 0.456 e. The molecule has 132 valence electrons. The molecule has 0 fully saturated rings. The van der Waals surface area contributed by atoms with E-state index >= 15 is 0 Å². The molecule has 2 heterocycles. The summed E-state index contributed by atoms with van der Waals surface area (Å²) in [5.41, 5.74) is 1.36. The smallest absolute Gasteiger partial charge is 0.306 e. The number of anilines is 1. The van der Waals surface area contributed by atoms with Gasteiger partial charge in [-0.05, 0) is 36.4 Å². The van der Waals surface area contributed by atoms with Crippen LogP contribution in [0.4, 0.5) is 5.00 Å². The van der Waals surface area contributed by atoms with E-state index in [4.69, 9.17) is 10.00 Å².